The number of nitrogens with zero attached hydrogens (tertiary/aromatic N) is 4. The molecule has 1 aromatic carbocycles. The number of aromatic nitrogens is 2. The normalized spacial score (nSPS) is 11.3. The summed E-state index contributed by atoms with van der Waals surface area (Å²) in [4.78, 5) is 28.0. The SMILES string of the molecule is CCNC(=O)NCc1c(Cl)c(C(F)(F)F)nn1CC(=O)N(CC)CCN(C)c1ccc(Cl)cc1. The highest BCUT2D eigenvalue weighted by molar-refractivity contribution is 6.32. The van der Waals surface area contributed by atoms with E-state index in [1.54, 1.807) is 26.0 Å². The van der Waals surface area contributed by atoms with E-state index in [1.807, 2.05) is 24.1 Å². The summed E-state index contributed by atoms with van der Waals surface area (Å²) in [6, 6.07) is 6.63. The summed E-state index contributed by atoms with van der Waals surface area (Å²) >= 11 is 11.8. The number of benzene rings is 1. The Hall–Kier alpha value is -2.66. The van der Waals surface area contributed by atoms with Gasteiger partial charge in [-0.2, -0.15) is 18.3 Å². The lowest BCUT2D eigenvalue weighted by molar-refractivity contribution is -0.142. The maximum absolute atomic E-state index is 13.4. The molecule has 2 N–H and O–H groups in total. The van der Waals surface area contributed by atoms with Gasteiger partial charge in [0.05, 0.1) is 17.3 Å². The van der Waals surface area contributed by atoms with E-state index in [4.69, 9.17) is 23.2 Å². The van der Waals surface area contributed by atoms with Crippen molar-refractivity contribution in [1.82, 2.24) is 25.3 Å². The minimum absolute atomic E-state index is 0.108. The molecule has 0 spiro atoms. The molecule has 13 heteroatoms. The molecular weight excluding hydrogens is 496 g/mol. The van der Waals surface area contributed by atoms with Crippen molar-refractivity contribution in [3.63, 3.8) is 0 Å². The van der Waals surface area contributed by atoms with Crippen LogP contribution in [0.2, 0.25) is 10.0 Å². The van der Waals surface area contributed by atoms with Gasteiger partial charge in [0, 0.05) is 43.9 Å². The summed E-state index contributed by atoms with van der Waals surface area (Å²) in [6.07, 6.45) is -4.81. The Kier molecular flexibility index (Phi) is 9.87. The average molecular weight is 523 g/mol. The molecule has 0 saturated heterocycles. The lowest BCUT2D eigenvalue weighted by atomic mass is 10.3. The van der Waals surface area contributed by atoms with Crippen molar-refractivity contribution < 1.29 is 22.8 Å². The predicted molar refractivity (Wildman–Crippen MR) is 125 cm³/mol. The number of hydrogen-bond acceptors (Lipinski definition) is 4. The van der Waals surface area contributed by atoms with Crippen molar-refractivity contribution in [3.8, 4) is 0 Å². The van der Waals surface area contributed by atoms with Gasteiger partial charge in [0.1, 0.15) is 6.54 Å². The van der Waals surface area contributed by atoms with Crippen LogP contribution in [-0.2, 0) is 24.1 Å². The van der Waals surface area contributed by atoms with E-state index in [1.165, 1.54) is 4.90 Å². The molecule has 0 aliphatic rings. The summed E-state index contributed by atoms with van der Waals surface area (Å²) in [5.41, 5.74) is -0.511. The van der Waals surface area contributed by atoms with Crippen molar-refractivity contribution in [3.05, 3.63) is 45.7 Å². The number of alkyl halides is 3. The van der Waals surface area contributed by atoms with Gasteiger partial charge < -0.3 is 20.4 Å². The third-order valence-electron chi connectivity index (χ3n) is 5.01. The molecule has 0 fully saturated rings. The molecule has 0 aliphatic carbocycles. The molecule has 0 aliphatic heterocycles. The second kappa shape index (κ2) is 12.2. The van der Waals surface area contributed by atoms with Crippen molar-refractivity contribution in [2.45, 2.75) is 33.1 Å². The second-order valence-corrected chi connectivity index (χ2v) is 8.16. The van der Waals surface area contributed by atoms with Crippen LogP contribution in [0.25, 0.3) is 0 Å². The van der Waals surface area contributed by atoms with Gasteiger partial charge in [-0.05, 0) is 38.1 Å². The lowest BCUT2D eigenvalue weighted by Gasteiger charge is -2.26. The molecule has 0 bridgehead atoms. The van der Waals surface area contributed by atoms with Crippen LogP contribution < -0.4 is 15.5 Å². The zero-order chi connectivity index (χ0) is 25.5. The number of halogens is 5. The molecule has 0 saturated carbocycles. The number of carbonyl (C=O) groups is 2. The fourth-order valence-corrected chi connectivity index (χ4v) is 3.56. The second-order valence-electron chi connectivity index (χ2n) is 7.35. The van der Waals surface area contributed by atoms with Gasteiger partial charge in [0.15, 0.2) is 5.69 Å². The lowest BCUT2D eigenvalue weighted by Crippen LogP contribution is -2.40. The fraction of sp³-hybridized carbons (Fsp3) is 0.476. The van der Waals surface area contributed by atoms with Crippen LogP contribution in [-0.4, -0.2) is 59.8 Å². The third kappa shape index (κ3) is 7.42. The van der Waals surface area contributed by atoms with E-state index < -0.39 is 35.4 Å². The van der Waals surface area contributed by atoms with E-state index in [0.29, 0.717) is 31.2 Å². The predicted octanol–water partition coefficient (Wildman–Crippen LogP) is 4.01. The molecule has 8 nitrogen and oxygen atoms in total. The van der Waals surface area contributed by atoms with Crippen molar-refractivity contribution in [1.29, 1.82) is 0 Å². The maximum atomic E-state index is 13.4. The van der Waals surface area contributed by atoms with Crippen LogP contribution in [0.15, 0.2) is 24.3 Å². The molecular formula is C21H27Cl2F3N6O2. The largest absolute Gasteiger partial charge is 0.436 e. The minimum atomic E-state index is -4.81. The fourth-order valence-electron chi connectivity index (χ4n) is 3.13. The number of amides is 3. The Bertz CT molecular complexity index is 982. The first kappa shape index (κ1) is 27.6. The van der Waals surface area contributed by atoms with E-state index in [-0.39, 0.29) is 12.2 Å². The maximum Gasteiger partial charge on any atom is 0.436 e. The van der Waals surface area contributed by atoms with Gasteiger partial charge in [-0.3, -0.25) is 9.48 Å². The molecule has 1 aromatic heterocycles. The van der Waals surface area contributed by atoms with Gasteiger partial charge in [-0.1, -0.05) is 23.2 Å². The molecule has 0 radical (unpaired) electrons. The summed E-state index contributed by atoms with van der Waals surface area (Å²) in [7, 11) is 1.86. The van der Waals surface area contributed by atoms with Gasteiger partial charge in [-0.25, -0.2) is 4.79 Å². The first-order valence-electron chi connectivity index (χ1n) is 10.6. The van der Waals surface area contributed by atoms with E-state index in [9.17, 15) is 22.8 Å². The number of likely N-dealkylation sites (N-methyl/N-ethyl adjacent to an activating group) is 2. The summed E-state index contributed by atoms with van der Waals surface area (Å²) in [6.45, 7) is 4.19. The summed E-state index contributed by atoms with van der Waals surface area (Å²) < 4.78 is 40.9. The molecule has 2 rings (SSSR count). The zero-order valence-electron chi connectivity index (χ0n) is 19.0. The van der Waals surface area contributed by atoms with Crippen LogP contribution in [0.4, 0.5) is 23.7 Å². The first-order chi connectivity index (χ1) is 16.0. The molecule has 2 aromatic rings. The summed E-state index contributed by atoms with van der Waals surface area (Å²) in [5, 5.41) is 8.38. The molecule has 0 atom stereocenters. The minimum Gasteiger partial charge on any atom is -0.373 e. The molecule has 0 unspecified atom stereocenters. The number of carbonyl (C=O) groups excluding carboxylic acids is 2. The van der Waals surface area contributed by atoms with Crippen LogP contribution >= 0.6 is 23.2 Å². The van der Waals surface area contributed by atoms with Crippen molar-refractivity contribution in [2.24, 2.45) is 0 Å². The Morgan fingerprint density at radius 1 is 1.09 bits per heavy atom. The smallest absolute Gasteiger partial charge is 0.373 e. The van der Waals surface area contributed by atoms with Crippen molar-refractivity contribution in [2.75, 3.05) is 38.1 Å². The van der Waals surface area contributed by atoms with Gasteiger partial charge >= 0.3 is 12.2 Å². The first-order valence-corrected chi connectivity index (χ1v) is 11.3. The Balaban J connectivity index is 2.14. The zero-order valence-corrected chi connectivity index (χ0v) is 20.6. The van der Waals surface area contributed by atoms with Crippen LogP contribution in [0.5, 0.6) is 0 Å². The van der Waals surface area contributed by atoms with Crippen LogP contribution in [0, 0.1) is 0 Å². The highest BCUT2D eigenvalue weighted by atomic mass is 35.5. The van der Waals surface area contributed by atoms with Crippen LogP contribution in [0.1, 0.15) is 25.2 Å². The molecule has 3 amide bonds. The number of nitrogens with one attached hydrogen (secondary N) is 2. The Morgan fingerprint density at radius 3 is 2.29 bits per heavy atom. The number of hydrogen-bond donors (Lipinski definition) is 2. The Morgan fingerprint density at radius 2 is 1.74 bits per heavy atom. The quantitative estimate of drug-likeness (QED) is 0.493. The number of urea groups is 1. The van der Waals surface area contributed by atoms with Gasteiger partial charge in [0.25, 0.3) is 0 Å². The van der Waals surface area contributed by atoms with E-state index >= 15 is 0 Å². The van der Waals surface area contributed by atoms with E-state index in [2.05, 4.69) is 15.7 Å². The molecule has 188 valence electrons. The monoisotopic (exact) mass is 522 g/mol. The molecule has 1 heterocycles. The summed E-state index contributed by atoms with van der Waals surface area (Å²) in [5.74, 6) is -0.431. The Labute approximate surface area is 206 Å². The van der Waals surface area contributed by atoms with Crippen molar-refractivity contribution >= 4 is 40.8 Å². The van der Waals surface area contributed by atoms with Crippen LogP contribution in [0.3, 0.4) is 0 Å². The highest BCUT2D eigenvalue weighted by Crippen LogP contribution is 2.35. The third-order valence-corrected chi connectivity index (χ3v) is 5.66. The number of anilines is 1. The number of rotatable bonds is 10. The topological polar surface area (TPSA) is 82.5 Å². The van der Waals surface area contributed by atoms with E-state index in [0.717, 1.165) is 10.4 Å². The standard InChI is InChI=1S/C21H27Cl2F3N6O2/c1-4-27-20(34)28-12-16-18(23)19(21(24,25)26)29-32(16)13-17(33)31(5-2)11-10-30(3)15-8-6-14(22)7-9-15/h6-9H,4-5,10-13H2,1-3H3,(H2,27,28,34). The molecule has 34 heavy (non-hydrogen) atoms. The average Bonchev–Trinajstić information content (AvgIpc) is 3.08. The highest BCUT2D eigenvalue weighted by Gasteiger charge is 2.39. The van der Waals surface area contributed by atoms with Gasteiger partial charge in [0.2, 0.25) is 5.91 Å². The van der Waals surface area contributed by atoms with Gasteiger partial charge in [-0.15, -0.1) is 0 Å².